The molecule has 4 bridgehead atoms. The van der Waals surface area contributed by atoms with Crippen LogP contribution in [-0.2, 0) is 0 Å². The number of rotatable bonds is 4. The van der Waals surface area contributed by atoms with Gasteiger partial charge in [-0.25, -0.2) is 4.98 Å². The fourth-order valence-corrected chi connectivity index (χ4v) is 8.63. The van der Waals surface area contributed by atoms with Crippen LogP contribution in [0.4, 0.5) is 0 Å². The van der Waals surface area contributed by atoms with E-state index in [0.29, 0.717) is 5.41 Å². The summed E-state index contributed by atoms with van der Waals surface area (Å²) < 4.78 is 2.08. The average molecular weight is 434 g/mol. The Balaban J connectivity index is 1.37. The molecule has 0 spiro atoms. The second-order valence-electron chi connectivity index (χ2n) is 10.6. The summed E-state index contributed by atoms with van der Waals surface area (Å²) in [7, 11) is 0. The molecular weight excluding hydrogens is 402 g/mol. The molecule has 7 rings (SSSR count). The fraction of sp³-hybridized carbons (Fsp3) is 0.538. The van der Waals surface area contributed by atoms with Crippen LogP contribution in [0.5, 0.6) is 0 Å². The van der Waals surface area contributed by atoms with E-state index in [9.17, 15) is 4.79 Å². The molecule has 31 heavy (non-hydrogen) atoms. The number of amides is 1. The second kappa shape index (κ2) is 6.93. The summed E-state index contributed by atoms with van der Waals surface area (Å²) in [6, 6.07) is 6.36. The normalized spacial score (nSPS) is 30.1. The van der Waals surface area contributed by atoms with Gasteiger partial charge in [-0.1, -0.05) is 0 Å². The third-order valence-electron chi connectivity index (χ3n) is 8.38. The van der Waals surface area contributed by atoms with Gasteiger partial charge in [0, 0.05) is 29.5 Å². The van der Waals surface area contributed by atoms with Crippen molar-refractivity contribution in [3.63, 3.8) is 0 Å². The number of fused-ring (bicyclic) bond motifs is 1. The van der Waals surface area contributed by atoms with Crippen molar-refractivity contribution >= 4 is 27.5 Å². The van der Waals surface area contributed by atoms with Crippen LogP contribution in [0.25, 0.3) is 15.9 Å². The minimum absolute atomic E-state index is 0.0620. The van der Waals surface area contributed by atoms with Crippen molar-refractivity contribution in [3.05, 3.63) is 46.7 Å². The van der Waals surface area contributed by atoms with Crippen LogP contribution in [0, 0.1) is 37.0 Å². The van der Waals surface area contributed by atoms with Crippen molar-refractivity contribution in [2.24, 2.45) is 23.2 Å². The fourth-order valence-electron chi connectivity index (χ4n) is 7.43. The number of nitrogens with one attached hydrogen (secondary N) is 1. The molecule has 4 fully saturated rings. The first-order valence-corrected chi connectivity index (χ1v) is 12.6. The molecule has 3 heterocycles. The molecule has 4 nitrogen and oxygen atoms in total. The Bertz CT molecular complexity index is 1120. The van der Waals surface area contributed by atoms with Gasteiger partial charge in [-0.3, -0.25) is 4.79 Å². The van der Waals surface area contributed by atoms with Crippen molar-refractivity contribution < 1.29 is 4.79 Å². The smallest absolute Gasteiger partial charge is 0.263 e. The number of carbonyl (C=O) groups is 1. The highest BCUT2D eigenvalue weighted by Gasteiger charge is 2.53. The van der Waals surface area contributed by atoms with Gasteiger partial charge in [0.15, 0.2) is 0 Å². The number of nitrogens with zero attached hydrogens (tertiary/aromatic N) is 2. The maximum atomic E-state index is 13.7. The second-order valence-corrected chi connectivity index (χ2v) is 11.6. The number of carbonyl (C=O) groups excluding carboxylic acids is 1. The van der Waals surface area contributed by atoms with Gasteiger partial charge >= 0.3 is 0 Å². The predicted octanol–water partition coefficient (Wildman–Crippen LogP) is 6.04. The summed E-state index contributed by atoms with van der Waals surface area (Å²) in [5, 5.41) is 4.58. The molecule has 5 heteroatoms. The molecule has 0 aliphatic heterocycles. The van der Waals surface area contributed by atoms with Gasteiger partial charge in [-0.2, -0.15) is 0 Å². The summed E-state index contributed by atoms with van der Waals surface area (Å²) in [6.07, 6.45) is 12.3. The Morgan fingerprint density at radius 2 is 1.74 bits per heavy atom. The highest BCUT2D eigenvalue weighted by molar-refractivity contribution is 7.21. The summed E-state index contributed by atoms with van der Waals surface area (Å²) in [5.74, 6) is 2.73. The topological polar surface area (TPSA) is 46.9 Å². The monoisotopic (exact) mass is 433 g/mol. The third kappa shape index (κ3) is 3.07. The van der Waals surface area contributed by atoms with Gasteiger partial charge in [0.1, 0.15) is 9.71 Å². The number of aromatic nitrogens is 2. The molecule has 1 atom stereocenters. The lowest BCUT2D eigenvalue weighted by atomic mass is 9.48. The minimum atomic E-state index is 0.0620. The molecule has 1 amide bonds. The molecule has 4 aliphatic carbocycles. The molecule has 3 aromatic rings. The Labute approximate surface area is 188 Å². The predicted molar refractivity (Wildman–Crippen MR) is 126 cm³/mol. The molecule has 4 saturated carbocycles. The van der Waals surface area contributed by atoms with E-state index < -0.39 is 0 Å². The first kappa shape index (κ1) is 19.5. The Morgan fingerprint density at radius 3 is 2.35 bits per heavy atom. The van der Waals surface area contributed by atoms with Gasteiger partial charge < -0.3 is 9.88 Å². The largest absolute Gasteiger partial charge is 0.348 e. The van der Waals surface area contributed by atoms with E-state index in [4.69, 9.17) is 4.98 Å². The third-order valence-corrected chi connectivity index (χ3v) is 9.45. The van der Waals surface area contributed by atoms with E-state index in [1.807, 2.05) is 31.5 Å². The van der Waals surface area contributed by atoms with Gasteiger partial charge in [-0.05, 0) is 106 Å². The molecule has 1 N–H and O–H groups in total. The molecule has 3 aromatic heterocycles. The van der Waals surface area contributed by atoms with E-state index in [1.165, 1.54) is 55.4 Å². The van der Waals surface area contributed by atoms with Crippen LogP contribution < -0.4 is 5.32 Å². The molecule has 4 aliphatic rings. The zero-order valence-corrected chi connectivity index (χ0v) is 19.5. The van der Waals surface area contributed by atoms with Gasteiger partial charge in [0.25, 0.3) is 5.91 Å². The van der Waals surface area contributed by atoms with Crippen molar-refractivity contribution in [3.8, 4) is 5.69 Å². The highest BCUT2D eigenvalue weighted by atomic mass is 32.1. The summed E-state index contributed by atoms with van der Waals surface area (Å²) in [4.78, 5) is 20.2. The minimum Gasteiger partial charge on any atom is -0.348 e. The first-order chi connectivity index (χ1) is 14.9. The maximum absolute atomic E-state index is 13.7. The van der Waals surface area contributed by atoms with Crippen LogP contribution in [0.15, 0.2) is 30.6 Å². The summed E-state index contributed by atoms with van der Waals surface area (Å²) in [6.45, 7) is 6.41. The zero-order valence-electron chi connectivity index (χ0n) is 18.6. The molecule has 0 aromatic carbocycles. The number of aryl methyl sites for hydroxylation is 2. The number of pyridine rings is 1. The average Bonchev–Trinajstić information content (AvgIpc) is 3.34. The molecule has 162 valence electrons. The Kier molecular flexibility index (Phi) is 4.37. The van der Waals surface area contributed by atoms with Crippen molar-refractivity contribution in [1.82, 2.24) is 14.9 Å². The van der Waals surface area contributed by atoms with Crippen molar-refractivity contribution in [2.45, 2.75) is 65.3 Å². The van der Waals surface area contributed by atoms with E-state index >= 15 is 0 Å². The Morgan fingerprint density at radius 1 is 1.13 bits per heavy atom. The SMILES string of the molecule is Cc1cc(C)c2c(-n3cccc3)c(C(=O)N[C@@H](C)C34CC5CC(CC(C5)C3)C4)sc2n1. The van der Waals surface area contributed by atoms with Crippen LogP contribution in [0.3, 0.4) is 0 Å². The quantitative estimate of drug-likeness (QED) is 0.545. The standard InChI is InChI=1S/C26H31N3OS/c1-15-8-16(2)27-25-21(15)22(29-6-4-5-7-29)23(31-25)24(30)28-17(3)26-12-18-9-19(13-26)11-20(10-18)14-26/h4-8,17-20H,9-14H2,1-3H3,(H,28,30)/t17-,18?,19?,20?,26?/m0/s1. The molecule has 0 radical (unpaired) electrons. The van der Waals surface area contributed by atoms with E-state index in [0.717, 1.165) is 44.2 Å². The number of hydrogen-bond acceptors (Lipinski definition) is 3. The highest BCUT2D eigenvalue weighted by Crippen LogP contribution is 2.61. The summed E-state index contributed by atoms with van der Waals surface area (Å²) in [5.41, 5.74) is 3.46. The van der Waals surface area contributed by atoms with Crippen LogP contribution >= 0.6 is 11.3 Å². The molecule has 0 unspecified atom stereocenters. The van der Waals surface area contributed by atoms with Gasteiger partial charge in [-0.15, -0.1) is 11.3 Å². The van der Waals surface area contributed by atoms with E-state index in [2.05, 4.69) is 29.8 Å². The van der Waals surface area contributed by atoms with Crippen LogP contribution in [0.2, 0.25) is 0 Å². The molecule has 0 saturated heterocycles. The lowest BCUT2D eigenvalue weighted by Crippen LogP contribution is -2.55. The molecular formula is C26H31N3OS. The first-order valence-electron chi connectivity index (χ1n) is 11.8. The van der Waals surface area contributed by atoms with Gasteiger partial charge in [0.2, 0.25) is 0 Å². The maximum Gasteiger partial charge on any atom is 0.263 e. The van der Waals surface area contributed by atoms with E-state index in [1.54, 1.807) is 0 Å². The van der Waals surface area contributed by atoms with Crippen LogP contribution in [-0.4, -0.2) is 21.5 Å². The van der Waals surface area contributed by atoms with Crippen LogP contribution in [0.1, 0.15) is 66.4 Å². The van der Waals surface area contributed by atoms with Crippen molar-refractivity contribution in [2.75, 3.05) is 0 Å². The Hall–Kier alpha value is -2.14. The number of thiophene rings is 1. The van der Waals surface area contributed by atoms with Crippen molar-refractivity contribution in [1.29, 1.82) is 0 Å². The van der Waals surface area contributed by atoms with E-state index in [-0.39, 0.29) is 11.9 Å². The van der Waals surface area contributed by atoms with Gasteiger partial charge in [0.05, 0.1) is 5.69 Å². The zero-order chi connectivity index (χ0) is 21.3. The lowest BCUT2D eigenvalue weighted by Gasteiger charge is -2.59. The number of hydrogen-bond donors (Lipinski definition) is 1. The summed E-state index contributed by atoms with van der Waals surface area (Å²) >= 11 is 1.53. The lowest BCUT2D eigenvalue weighted by molar-refractivity contribution is -0.0687.